The first kappa shape index (κ1) is 18.5. The normalized spacial score (nSPS) is 12.4. The molecule has 0 radical (unpaired) electrons. The summed E-state index contributed by atoms with van der Waals surface area (Å²) in [5.41, 5.74) is 1.29. The summed E-state index contributed by atoms with van der Waals surface area (Å²) in [4.78, 5) is 29.7. The van der Waals surface area contributed by atoms with Gasteiger partial charge in [-0.15, -0.1) is 0 Å². The Kier molecular flexibility index (Phi) is 3.71. The molecule has 2 heterocycles. The summed E-state index contributed by atoms with van der Waals surface area (Å²) in [6, 6.07) is 13.3. The lowest BCUT2D eigenvalue weighted by Gasteiger charge is -2.17. The zero-order valence-corrected chi connectivity index (χ0v) is 16.9. The second-order valence-corrected chi connectivity index (χ2v) is 8.62. The van der Waals surface area contributed by atoms with Gasteiger partial charge in [-0.3, -0.25) is 14.1 Å². The molecule has 0 aliphatic heterocycles. The number of aryl methyl sites for hydroxylation is 2. The summed E-state index contributed by atoms with van der Waals surface area (Å²) >= 11 is 0. The molecule has 30 heavy (non-hydrogen) atoms. The van der Waals surface area contributed by atoms with E-state index in [4.69, 9.17) is 0 Å². The van der Waals surface area contributed by atoms with E-state index >= 15 is 0 Å². The summed E-state index contributed by atoms with van der Waals surface area (Å²) < 4.78 is 35.7. The van der Waals surface area contributed by atoms with E-state index < -0.39 is 10.3 Å². The van der Waals surface area contributed by atoms with Gasteiger partial charge in [-0.1, -0.05) is 24.3 Å². The maximum atomic E-state index is 13.3. The van der Waals surface area contributed by atoms with Crippen LogP contribution in [0.2, 0.25) is 0 Å². The Morgan fingerprint density at radius 3 is 2.27 bits per heavy atom. The smallest absolute Gasteiger partial charge is 0.354 e. The maximum absolute atomic E-state index is 13.3. The predicted molar refractivity (Wildman–Crippen MR) is 118 cm³/mol. The van der Waals surface area contributed by atoms with Crippen molar-refractivity contribution in [2.24, 2.45) is 0 Å². The van der Waals surface area contributed by atoms with E-state index in [2.05, 4.69) is 4.98 Å². The van der Waals surface area contributed by atoms with Crippen LogP contribution in [0.25, 0.3) is 43.6 Å². The van der Waals surface area contributed by atoms with Gasteiger partial charge >= 0.3 is 10.3 Å². The first-order chi connectivity index (χ1) is 14.2. The fraction of sp³-hybridized carbons (Fsp3) is 0.0909. The number of H-pyrrole nitrogens is 1. The Morgan fingerprint density at radius 1 is 0.833 bits per heavy atom. The largest absolute Gasteiger partial charge is 0.364 e. The van der Waals surface area contributed by atoms with Crippen molar-refractivity contribution in [1.29, 1.82) is 0 Å². The Bertz CT molecular complexity index is 1780. The zero-order chi connectivity index (χ0) is 21.4. The molecule has 7 nitrogen and oxygen atoms in total. The van der Waals surface area contributed by atoms with Crippen LogP contribution in [0.15, 0.2) is 58.1 Å². The summed E-state index contributed by atoms with van der Waals surface area (Å²) in [6.07, 6.45) is 0. The van der Waals surface area contributed by atoms with Crippen LogP contribution in [-0.2, 0) is 10.3 Å². The van der Waals surface area contributed by atoms with Crippen molar-refractivity contribution in [3.8, 4) is 0 Å². The average Bonchev–Trinajstić information content (AvgIpc) is 2.69. The Morgan fingerprint density at radius 2 is 1.53 bits per heavy atom. The number of aromatic nitrogens is 2. The highest BCUT2D eigenvalue weighted by atomic mass is 32.2. The first-order valence-corrected chi connectivity index (χ1v) is 10.6. The highest BCUT2D eigenvalue weighted by Gasteiger charge is 2.23. The van der Waals surface area contributed by atoms with E-state index in [1.807, 2.05) is 0 Å². The third-order valence-corrected chi connectivity index (χ3v) is 6.40. The van der Waals surface area contributed by atoms with Gasteiger partial charge in [-0.05, 0) is 49.2 Å². The third kappa shape index (κ3) is 2.38. The van der Waals surface area contributed by atoms with Crippen molar-refractivity contribution in [1.82, 2.24) is 8.96 Å². The van der Waals surface area contributed by atoms with E-state index in [0.29, 0.717) is 27.5 Å². The SMILES string of the molecule is Cc1cccc2c(=O)c3cc4[nH]c5ccccc5c(=O)c4c(C)c3n(S(=O)(=O)O)c12. The molecule has 0 bridgehead atoms. The van der Waals surface area contributed by atoms with Crippen LogP contribution in [-0.4, -0.2) is 21.9 Å². The molecular formula is C22H16N2O5S. The second kappa shape index (κ2) is 6.01. The topological polar surface area (TPSA) is 109 Å². The number of hydrogen-bond donors (Lipinski definition) is 2. The quantitative estimate of drug-likeness (QED) is 0.319. The van der Waals surface area contributed by atoms with Crippen molar-refractivity contribution in [3.05, 3.63) is 80.1 Å². The van der Waals surface area contributed by atoms with Crippen molar-refractivity contribution in [2.75, 3.05) is 0 Å². The summed E-state index contributed by atoms with van der Waals surface area (Å²) in [5.74, 6) is 0. The molecule has 5 aromatic rings. The number of nitrogens with one attached hydrogen (secondary N) is 1. The number of rotatable bonds is 1. The Labute approximate surface area is 170 Å². The van der Waals surface area contributed by atoms with Crippen molar-refractivity contribution >= 4 is 53.9 Å². The Hall–Kier alpha value is -3.49. The third-order valence-electron chi connectivity index (χ3n) is 5.58. The zero-order valence-electron chi connectivity index (χ0n) is 16.1. The lowest BCUT2D eigenvalue weighted by atomic mass is 10.00. The molecule has 2 aromatic heterocycles. The molecule has 0 saturated carbocycles. The fourth-order valence-corrected chi connectivity index (χ4v) is 5.24. The molecule has 0 aliphatic carbocycles. The number of nitrogens with zero attached hydrogens (tertiary/aromatic N) is 1. The van der Waals surface area contributed by atoms with Gasteiger partial charge in [0.05, 0.1) is 21.9 Å². The number of pyridine rings is 2. The minimum Gasteiger partial charge on any atom is -0.354 e. The minimum absolute atomic E-state index is 0.00224. The number of fused-ring (bicyclic) bond motifs is 4. The first-order valence-electron chi connectivity index (χ1n) is 9.20. The van der Waals surface area contributed by atoms with Gasteiger partial charge in [0.25, 0.3) is 0 Å². The van der Waals surface area contributed by atoms with Crippen LogP contribution >= 0.6 is 0 Å². The lowest BCUT2D eigenvalue weighted by Crippen LogP contribution is -2.20. The van der Waals surface area contributed by atoms with Crippen LogP contribution in [0.3, 0.4) is 0 Å². The predicted octanol–water partition coefficient (Wildman–Crippen LogP) is 3.42. The standard InChI is InChI=1S/C22H16N2O5S/c1-11-6-5-8-14-19(11)24(30(27,28)29)20-12(2)18-17(10-15(20)21(14)25)23-16-9-4-3-7-13(16)22(18)26/h3-10H,1-2H3,(H,23,26)(H,27,28,29). The van der Waals surface area contributed by atoms with E-state index in [0.717, 1.165) is 3.97 Å². The van der Waals surface area contributed by atoms with Gasteiger partial charge in [-0.25, -0.2) is 3.97 Å². The number of hydrogen-bond acceptors (Lipinski definition) is 4. The number of benzene rings is 3. The van der Waals surface area contributed by atoms with E-state index in [-0.39, 0.29) is 38.0 Å². The maximum Gasteiger partial charge on any atom is 0.364 e. The lowest BCUT2D eigenvalue weighted by molar-refractivity contribution is 0.475. The molecular weight excluding hydrogens is 404 g/mol. The van der Waals surface area contributed by atoms with Crippen LogP contribution in [0.5, 0.6) is 0 Å². The number of aromatic amines is 1. The van der Waals surface area contributed by atoms with Gasteiger partial charge in [0.1, 0.15) is 0 Å². The van der Waals surface area contributed by atoms with Crippen molar-refractivity contribution in [3.63, 3.8) is 0 Å². The van der Waals surface area contributed by atoms with E-state index in [9.17, 15) is 22.6 Å². The van der Waals surface area contributed by atoms with Crippen LogP contribution in [0.4, 0.5) is 0 Å². The summed E-state index contributed by atoms with van der Waals surface area (Å²) in [7, 11) is -4.78. The van der Waals surface area contributed by atoms with Crippen molar-refractivity contribution in [2.45, 2.75) is 13.8 Å². The average molecular weight is 420 g/mol. The second-order valence-electron chi connectivity index (χ2n) is 7.36. The van der Waals surface area contributed by atoms with Crippen LogP contribution in [0.1, 0.15) is 11.1 Å². The van der Waals surface area contributed by atoms with Gasteiger partial charge in [0.15, 0.2) is 10.9 Å². The van der Waals surface area contributed by atoms with E-state index in [1.54, 1.807) is 50.2 Å². The highest BCUT2D eigenvalue weighted by Crippen LogP contribution is 2.30. The van der Waals surface area contributed by atoms with Gasteiger partial charge < -0.3 is 4.98 Å². The van der Waals surface area contributed by atoms with Crippen molar-refractivity contribution < 1.29 is 13.0 Å². The monoisotopic (exact) mass is 420 g/mol. The Balaban J connectivity index is 2.21. The molecule has 0 atom stereocenters. The molecule has 5 rings (SSSR count). The molecule has 8 heteroatoms. The van der Waals surface area contributed by atoms with Crippen LogP contribution in [0, 0.1) is 13.8 Å². The molecule has 0 saturated heterocycles. The molecule has 2 N–H and O–H groups in total. The molecule has 0 unspecified atom stereocenters. The van der Waals surface area contributed by atoms with Gasteiger partial charge in [-0.2, -0.15) is 8.42 Å². The minimum atomic E-state index is -4.78. The molecule has 0 spiro atoms. The molecule has 0 aliphatic rings. The number of para-hydroxylation sites is 2. The van der Waals surface area contributed by atoms with Crippen LogP contribution < -0.4 is 10.9 Å². The van der Waals surface area contributed by atoms with Gasteiger partial charge in [0, 0.05) is 21.7 Å². The summed E-state index contributed by atoms with van der Waals surface area (Å²) in [5, 5.41) is 0.986. The fourth-order valence-electron chi connectivity index (χ4n) is 4.30. The summed E-state index contributed by atoms with van der Waals surface area (Å²) in [6.45, 7) is 3.24. The molecule has 0 amide bonds. The highest BCUT2D eigenvalue weighted by molar-refractivity contribution is 7.84. The molecule has 150 valence electrons. The van der Waals surface area contributed by atoms with E-state index in [1.165, 1.54) is 12.1 Å². The van der Waals surface area contributed by atoms with Gasteiger partial charge in [0.2, 0.25) is 0 Å². The molecule has 3 aromatic carbocycles. The molecule has 0 fully saturated rings.